The van der Waals surface area contributed by atoms with Crippen LogP contribution in [0.2, 0.25) is 0 Å². The van der Waals surface area contributed by atoms with Crippen LogP contribution < -0.4 is 5.32 Å². The zero-order chi connectivity index (χ0) is 22.1. The minimum absolute atomic E-state index is 0.210. The van der Waals surface area contributed by atoms with Crippen molar-refractivity contribution in [1.29, 1.82) is 0 Å². The highest BCUT2D eigenvalue weighted by Crippen LogP contribution is 2.13. The first-order valence-corrected chi connectivity index (χ1v) is 10.1. The molecule has 0 bridgehead atoms. The lowest BCUT2D eigenvalue weighted by atomic mass is 10.1. The van der Waals surface area contributed by atoms with Gasteiger partial charge in [-0.1, -0.05) is 60.7 Å². The van der Waals surface area contributed by atoms with E-state index in [-0.39, 0.29) is 19.6 Å². The Hall–Kier alpha value is -3.42. The van der Waals surface area contributed by atoms with Crippen molar-refractivity contribution >= 4 is 11.8 Å². The standard InChI is InChI=1S/C24H26N2O5/c27-21(23(29)25-14-13-20-12-7-15-31-20)22(28)24(30)26(16-18-8-3-1-4-9-18)17-19-10-5-2-6-11-19/h1-12,15,21-22,27-28H,13-14,16-17H2,(H,25,29)/t21-,22-/m1/s1. The second-order valence-corrected chi connectivity index (χ2v) is 7.18. The van der Waals surface area contributed by atoms with Gasteiger partial charge in [0.1, 0.15) is 5.76 Å². The van der Waals surface area contributed by atoms with Crippen molar-refractivity contribution in [2.24, 2.45) is 0 Å². The number of rotatable bonds is 10. The van der Waals surface area contributed by atoms with E-state index in [1.807, 2.05) is 60.7 Å². The molecule has 1 aromatic heterocycles. The summed E-state index contributed by atoms with van der Waals surface area (Å²) >= 11 is 0. The number of carbonyl (C=O) groups is 2. The smallest absolute Gasteiger partial charge is 0.255 e. The van der Waals surface area contributed by atoms with Crippen LogP contribution in [0.1, 0.15) is 16.9 Å². The highest BCUT2D eigenvalue weighted by molar-refractivity contribution is 5.90. The summed E-state index contributed by atoms with van der Waals surface area (Å²) in [7, 11) is 0. The minimum atomic E-state index is -1.88. The van der Waals surface area contributed by atoms with Crippen LogP contribution in [0.25, 0.3) is 0 Å². The van der Waals surface area contributed by atoms with E-state index in [1.165, 1.54) is 11.2 Å². The number of hydrogen-bond donors (Lipinski definition) is 3. The van der Waals surface area contributed by atoms with Crippen molar-refractivity contribution in [3.63, 3.8) is 0 Å². The summed E-state index contributed by atoms with van der Waals surface area (Å²) in [6, 6.07) is 22.2. The van der Waals surface area contributed by atoms with Crippen LogP contribution in [-0.2, 0) is 29.1 Å². The van der Waals surface area contributed by atoms with Gasteiger partial charge in [0, 0.05) is 26.1 Å². The van der Waals surface area contributed by atoms with Gasteiger partial charge in [-0.3, -0.25) is 9.59 Å². The van der Waals surface area contributed by atoms with Crippen LogP contribution in [0.5, 0.6) is 0 Å². The summed E-state index contributed by atoms with van der Waals surface area (Å²) in [6.07, 6.45) is -1.79. The summed E-state index contributed by atoms with van der Waals surface area (Å²) in [5, 5.41) is 23.2. The number of nitrogens with one attached hydrogen (secondary N) is 1. The number of furan rings is 1. The first-order chi connectivity index (χ1) is 15.0. The van der Waals surface area contributed by atoms with Gasteiger partial charge in [0.15, 0.2) is 12.2 Å². The summed E-state index contributed by atoms with van der Waals surface area (Å²) in [5.74, 6) is -0.850. The molecule has 162 valence electrons. The molecule has 2 atom stereocenters. The Kier molecular flexibility index (Phi) is 7.98. The number of carbonyl (C=O) groups excluding carboxylic acids is 2. The average Bonchev–Trinajstić information content (AvgIpc) is 3.32. The molecule has 7 nitrogen and oxygen atoms in total. The molecule has 2 amide bonds. The molecule has 0 aliphatic carbocycles. The van der Waals surface area contributed by atoms with E-state index < -0.39 is 24.0 Å². The molecule has 3 rings (SSSR count). The first-order valence-electron chi connectivity index (χ1n) is 10.1. The van der Waals surface area contributed by atoms with Crippen molar-refractivity contribution in [2.45, 2.75) is 31.7 Å². The van der Waals surface area contributed by atoms with E-state index in [2.05, 4.69) is 5.32 Å². The second-order valence-electron chi connectivity index (χ2n) is 7.18. The predicted octanol–water partition coefficient (Wildman–Crippen LogP) is 1.89. The van der Waals surface area contributed by atoms with Gasteiger partial charge < -0.3 is 24.8 Å². The Morgan fingerprint density at radius 1 is 0.839 bits per heavy atom. The molecule has 0 aliphatic rings. The predicted molar refractivity (Wildman–Crippen MR) is 115 cm³/mol. The fraction of sp³-hybridized carbons (Fsp3) is 0.250. The number of nitrogens with zero attached hydrogens (tertiary/aromatic N) is 1. The molecule has 3 N–H and O–H groups in total. The molecule has 2 aromatic carbocycles. The van der Waals surface area contributed by atoms with Gasteiger partial charge in [-0.05, 0) is 23.3 Å². The maximum atomic E-state index is 13.0. The van der Waals surface area contributed by atoms with Gasteiger partial charge in [0.2, 0.25) is 0 Å². The Morgan fingerprint density at radius 2 is 1.42 bits per heavy atom. The molecular weight excluding hydrogens is 396 g/mol. The highest BCUT2D eigenvalue weighted by atomic mass is 16.3. The summed E-state index contributed by atoms with van der Waals surface area (Å²) in [6.45, 7) is 0.680. The number of aliphatic hydroxyl groups excluding tert-OH is 2. The molecule has 0 saturated heterocycles. The minimum Gasteiger partial charge on any atom is -0.469 e. The number of hydrogen-bond acceptors (Lipinski definition) is 5. The quantitative estimate of drug-likeness (QED) is 0.463. The van der Waals surface area contributed by atoms with Crippen molar-refractivity contribution < 1.29 is 24.2 Å². The molecule has 0 unspecified atom stereocenters. The zero-order valence-corrected chi connectivity index (χ0v) is 17.1. The number of benzene rings is 2. The Balaban J connectivity index is 1.64. The van der Waals surface area contributed by atoms with E-state index >= 15 is 0 Å². The van der Waals surface area contributed by atoms with Crippen molar-refractivity contribution in [3.8, 4) is 0 Å². The van der Waals surface area contributed by atoms with Crippen LogP contribution in [0.4, 0.5) is 0 Å². The van der Waals surface area contributed by atoms with Crippen LogP contribution in [-0.4, -0.2) is 45.7 Å². The first kappa shape index (κ1) is 22.3. The van der Waals surface area contributed by atoms with Crippen molar-refractivity contribution in [3.05, 3.63) is 95.9 Å². The molecule has 0 spiro atoms. The van der Waals surface area contributed by atoms with E-state index in [9.17, 15) is 19.8 Å². The molecule has 3 aromatic rings. The third kappa shape index (κ3) is 6.53. The van der Waals surface area contributed by atoms with Crippen molar-refractivity contribution in [1.82, 2.24) is 10.2 Å². The van der Waals surface area contributed by atoms with Gasteiger partial charge in [0.05, 0.1) is 6.26 Å². The van der Waals surface area contributed by atoms with Gasteiger partial charge in [-0.25, -0.2) is 0 Å². The Bertz CT molecular complexity index is 903. The average molecular weight is 422 g/mol. The van der Waals surface area contributed by atoms with Crippen molar-refractivity contribution in [2.75, 3.05) is 6.54 Å². The van der Waals surface area contributed by atoms with Gasteiger partial charge in [0.25, 0.3) is 11.8 Å². The lowest BCUT2D eigenvalue weighted by Crippen LogP contribution is -2.50. The lowest BCUT2D eigenvalue weighted by Gasteiger charge is -2.27. The maximum absolute atomic E-state index is 13.0. The Morgan fingerprint density at radius 3 is 1.94 bits per heavy atom. The van der Waals surface area contributed by atoms with Crippen LogP contribution >= 0.6 is 0 Å². The van der Waals surface area contributed by atoms with Crippen LogP contribution in [0.3, 0.4) is 0 Å². The SMILES string of the molecule is O=C(NCCc1ccco1)[C@H](O)[C@@H](O)C(=O)N(Cc1ccccc1)Cc1ccccc1. The van der Waals surface area contributed by atoms with Crippen LogP contribution in [0, 0.1) is 0 Å². The largest absolute Gasteiger partial charge is 0.469 e. The third-order valence-electron chi connectivity index (χ3n) is 4.82. The van der Waals surface area contributed by atoms with Crippen LogP contribution in [0.15, 0.2) is 83.5 Å². The van der Waals surface area contributed by atoms with Gasteiger partial charge >= 0.3 is 0 Å². The molecule has 1 heterocycles. The summed E-state index contributed by atoms with van der Waals surface area (Å²) in [4.78, 5) is 26.6. The molecule has 0 radical (unpaired) electrons. The second kappa shape index (κ2) is 11.1. The zero-order valence-electron chi connectivity index (χ0n) is 17.1. The van der Waals surface area contributed by atoms with E-state index in [4.69, 9.17) is 4.42 Å². The summed E-state index contributed by atoms with van der Waals surface area (Å²) < 4.78 is 5.18. The third-order valence-corrected chi connectivity index (χ3v) is 4.82. The fourth-order valence-corrected chi connectivity index (χ4v) is 3.15. The summed E-state index contributed by atoms with van der Waals surface area (Å²) in [5.41, 5.74) is 1.74. The molecule has 31 heavy (non-hydrogen) atoms. The molecule has 0 aliphatic heterocycles. The topological polar surface area (TPSA) is 103 Å². The molecule has 7 heteroatoms. The van der Waals surface area contributed by atoms with E-state index in [0.29, 0.717) is 12.2 Å². The molecule has 0 saturated carbocycles. The molecule has 0 fully saturated rings. The number of amides is 2. The fourth-order valence-electron chi connectivity index (χ4n) is 3.15. The van der Waals surface area contributed by atoms with Gasteiger partial charge in [-0.15, -0.1) is 0 Å². The van der Waals surface area contributed by atoms with Gasteiger partial charge in [-0.2, -0.15) is 0 Å². The number of aliphatic hydroxyl groups is 2. The normalized spacial score (nSPS) is 12.7. The highest BCUT2D eigenvalue weighted by Gasteiger charge is 2.33. The van der Waals surface area contributed by atoms with E-state index in [0.717, 1.165) is 11.1 Å². The monoisotopic (exact) mass is 422 g/mol. The maximum Gasteiger partial charge on any atom is 0.255 e. The van der Waals surface area contributed by atoms with E-state index in [1.54, 1.807) is 12.1 Å². The Labute approximate surface area is 180 Å². The lowest BCUT2D eigenvalue weighted by molar-refractivity contribution is -0.154. The molecular formula is C24H26N2O5.